The van der Waals surface area contributed by atoms with Crippen LogP contribution in [0.15, 0.2) is 18.2 Å². The molecule has 0 N–H and O–H groups in total. The lowest BCUT2D eigenvalue weighted by Crippen LogP contribution is -2.06. The molecule has 0 aliphatic heterocycles. The van der Waals surface area contributed by atoms with E-state index >= 15 is 0 Å². The molecule has 0 bridgehead atoms. The fourth-order valence-corrected chi connectivity index (χ4v) is 1.41. The lowest BCUT2D eigenvalue weighted by molar-refractivity contribution is -0.137. The average Bonchev–Trinajstić information content (AvgIpc) is 2.15. The molecular formula is C11H10F3N. The van der Waals surface area contributed by atoms with Crippen molar-refractivity contribution < 1.29 is 13.2 Å². The van der Waals surface area contributed by atoms with Crippen molar-refractivity contribution in [1.29, 1.82) is 5.26 Å². The van der Waals surface area contributed by atoms with Crippen LogP contribution in [-0.4, -0.2) is 0 Å². The number of benzene rings is 1. The average molecular weight is 213 g/mol. The summed E-state index contributed by atoms with van der Waals surface area (Å²) < 4.78 is 37.0. The van der Waals surface area contributed by atoms with E-state index in [1.165, 1.54) is 6.07 Å². The van der Waals surface area contributed by atoms with Crippen molar-refractivity contribution >= 4 is 0 Å². The van der Waals surface area contributed by atoms with Gasteiger partial charge in [-0.05, 0) is 37.1 Å². The minimum Gasteiger partial charge on any atom is -0.198 e. The monoisotopic (exact) mass is 213 g/mol. The van der Waals surface area contributed by atoms with Gasteiger partial charge in [-0.25, -0.2) is 0 Å². The molecule has 0 spiro atoms. The van der Waals surface area contributed by atoms with Crippen LogP contribution in [0.3, 0.4) is 0 Å². The second-order valence-electron chi connectivity index (χ2n) is 3.42. The van der Waals surface area contributed by atoms with Gasteiger partial charge < -0.3 is 0 Å². The summed E-state index contributed by atoms with van der Waals surface area (Å²) in [5.41, 5.74) is 0.471. The zero-order valence-corrected chi connectivity index (χ0v) is 8.39. The maximum absolute atomic E-state index is 12.3. The van der Waals surface area contributed by atoms with Crippen molar-refractivity contribution in [1.82, 2.24) is 0 Å². The lowest BCUT2D eigenvalue weighted by Gasteiger charge is -2.11. The highest BCUT2D eigenvalue weighted by Crippen LogP contribution is 2.31. The molecule has 0 aliphatic rings. The third-order valence-corrected chi connectivity index (χ3v) is 2.26. The van der Waals surface area contributed by atoms with E-state index in [0.717, 1.165) is 12.1 Å². The summed E-state index contributed by atoms with van der Waals surface area (Å²) in [6, 6.07) is 5.45. The third kappa shape index (κ3) is 2.50. The first-order valence-electron chi connectivity index (χ1n) is 4.43. The Hall–Kier alpha value is -1.50. The maximum atomic E-state index is 12.3. The van der Waals surface area contributed by atoms with Crippen LogP contribution in [0, 0.1) is 18.3 Å². The Morgan fingerprint density at radius 2 is 1.93 bits per heavy atom. The minimum atomic E-state index is -4.32. The molecule has 1 aromatic carbocycles. The second kappa shape index (κ2) is 3.93. The van der Waals surface area contributed by atoms with Crippen molar-refractivity contribution in [2.45, 2.75) is 25.9 Å². The summed E-state index contributed by atoms with van der Waals surface area (Å²) in [5, 5.41) is 8.67. The van der Waals surface area contributed by atoms with E-state index in [1.807, 2.05) is 6.07 Å². The Labute approximate surface area is 86.1 Å². The number of halogens is 3. The van der Waals surface area contributed by atoms with Gasteiger partial charge in [0.15, 0.2) is 0 Å². The number of nitrogens with zero attached hydrogens (tertiary/aromatic N) is 1. The highest BCUT2D eigenvalue weighted by Gasteiger charge is 2.30. The number of hydrogen-bond acceptors (Lipinski definition) is 1. The molecule has 1 rings (SSSR count). The van der Waals surface area contributed by atoms with Gasteiger partial charge in [-0.3, -0.25) is 0 Å². The quantitative estimate of drug-likeness (QED) is 0.698. The molecule has 0 saturated carbocycles. The number of aryl methyl sites for hydroxylation is 1. The van der Waals surface area contributed by atoms with E-state index in [9.17, 15) is 13.2 Å². The van der Waals surface area contributed by atoms with Crippen LogP contribution < -0.4 is 0 Å². The van der Waals surface area contributed by atoms with E-state index in [1.54, 1.807) is 13.8 Å². The van der Waals surface area contributed by atoms with E-state index in [0.29, 0.717) is 11.1 Å². The summed E-state index contributed by atoms with van der Waals surface area (Å²) in [6.45, 7) is 3.24. The summed E-state index contributed by atoms with van der Waals surface area (Å²) in [6.07, 6.45) is -4.32. The van der Waals surface area contributed by atoms with E-state index in [-0.39, 0.29) is 5.92 Å². The van der Waals surface area contributed by atoms with Crippen LogP contribution in [0.2, 0.25) is 0 Å². The predicted molar refractivity (Wildman–Crippen MR) is 50.2 cm³/mol. The highest BCUT2D eigenvalue weighted by molar-refractivity contribution is 5.36. The highest BCUT2D eigenvalue weighted by atomic mass is 19.4. The molecule has 1 unspecified atom stereocenters. The smallest absolute Gasteiger partial charge is 0.198 e. The Bertz CT molecular complexity index is 401. The lowest BCUT2D eigenvalue weighted by atomic mass is 9.96. The van der Waals surface area contributed by atoms with Gasteiger partial charge in [-0.2, -0.15) is 18.4 Å². The molecule has 0 heterocycles. The van der Waals surface area contributed by atoms with Gasteiger partial charge in [0.2, 0.25) is 0 Å². The molecule has 4 heteroatoms. The van der Waals surface area contributed by atoms with Gasteiger partial charge in [0.1, 0.15) is 0 Å². The third-order valence-electron chi connectivity index (χ3n) is 2.26. The normalized spacial score (nSPS) is 13.3. The molecule has 0 radical (unpaired) electrons. The fourth-order valence-electron chi connectivity index (χ4n) is 1.41. The fraction of sp³-hybridized carbons (Fsp3) is 0.364. The van der Waals surface area contributed by atoms with E-state index in [4.69, 9.17) is 5.26 Å². The van der Waals surface area contributed by atoms with E-state index < -0.39 is 11.7 Å². The Balaban J connectivity index is 3.16. The van der Waals surface area contributed by atoms with Gasteiger partial charge in [-0.15, -0.1) is 0 Å². The summed E-state index contributed by atoms with van der Waals surface area (Å²) in [7, 11) is 0. The SMILES string of the molecule is Cc1cc(C(F)(F)F)ccc1C(C)C#N. The Morgan fingerprint density at radius 3 is 2.33 bits per heavy atom. The van der Waals surface area contributed by atoms with Gasteiger partial charge in [0, 0.05) is 0 Å². The van der Waals surface area contributed by atoms with Crippen LogP contribution in [0.5, 0.6) is 0 Å². The number of hydrogen-bond donors (Lipinski definition) is 0. The first-order valence-corrected chi connectivity index (χ1v) is 4.43. The first-order chi connectivity index (χ1) is 6.86. The predicted octanol–water partition coefficient (Wildman–Crippen LogP) is 3.64. The van der Waals surface area contributed by atoms with Crippen LogP contribution in [-0.2, 0) is 6.18 Å². The molecule has 0 aromatic heterocycles. The van der Waals surface area contributed by atoms with Crippen molar-refractivity contribution in [3.8, 4) is 6.07 Å². The minimum absolute atomic E-state index is 0.382. The summed E-state index contributed by atoms with van der Waals surface area (Å²) in [5.74, 6) is -0.382. The molecule has 1 aromatic rings. The van der Waals surface area contributed by atoms with Crippen molar-refractivity contribution in [3.63, 3.8) is 0 Å². The first kappa shape index (κ1) is 11.6. The van der Waals surface area contributed by atoms with Crippen molar-refractivity contribution in [3.05, 3.63) is 34.9 Å². The molecule has 0 aliphatic carbocycles. The van der Waals surface area contributed by atoms with Crippen LogP contribution >= 0.6 is 0 Å². The number of alkyl halides is 3. The van der Waals surface area contributed by atoms with Crippen LogP contribution in [0.25, 0.3) is 0 Å². The number of nitriles is 1. The summed E-state index contributed by atoms with van der Waals surface area (Å²) >= 11 is 0. The largest absolute Gasteiger partial charge is 0.416 e. The zero-order chi connectivity index (χ0) is 11.6. The Morgan fingerprint density at radius 1 is 1.33 bits per heavy atom. The van der Waals surface area contributed by atoms with Crippen molar-refractivity contribution in [2.75, 3.05) is 0 Å². The van der Waals surface area contributed by atoms with Crippen molar-refractivity contribution in [2.24, 2.45) is 0 Å². The van der Waals surface area contributed by atoms with Crippen LogP contribution in [0.1, 0.15) is 29.5 Å². The molecule has 80 valence electrons. The molecule has 1 atom stereocenters. The molecule has 0 fully saturated rings. The molecule has 0 saturated heterocycles. The molecule has 1 nitrogen and oxygen atoms in total. The molecular weight excluding hydrogens is 203 g/mol. The maximum Gasteiger partial charge on any atom is 0.416 e. The van der Waals surface area contributed by atoms with Gasteiger partial charge in [0.25, 0.3) is 0 Å². The Kier molecular flexibility index (Phi) is 3.04. The van der Waals surface area contributed by atoms with Crippen LogP contribution in [0.4, 0.5) is 13.2 Å². The number of rotatable bonds is 1. The van der Waals surface area contributed by atoms with Gasteiger partial charge in [-0.1, -0.05) is 6.07 Å². The second-order valence-corrected chi connectivity index (χ2v) is 3.42. The summed E-state index contributed by atoms with van der Waals surface area (Å²) in [4.78, 5) is 0. The van der Waals surface area contributed by atoms with Gasteiger partial charge >= 0.3 is 6.18 Å². The molecule has 15 heavy (non-hydrogen) atoms. The van der Waals surface area contributed by atoms with Gasteiger partial charge in [0.05, 0.1) is 17.6 Å². The zero-order valence-electron chi connectivity index (χ0n) is 8.39. The topological polar surface area (TPSA) is 23.8 Å². The molecule has 0 amide bonds. The standard InChI is InChI=1S/C11H10F3N/c1-7-5-9(11(12,13)14)3-4-10(7)8(2)6-15/h3-5,8H,1-2H3. The van der Waals surface area contributed by atoms with E-state index in [2.05, 4.69) is 0 Å².